The summed E-state index contributed by atoms with van der Waals surface area (Å²) in [6.07, 6.45) is 6.14. The number of rotatable bonds is 7. The van der Waals surface area contributed by atoms with Crippen LogP contribution >= 0.6 is 0 Å². The summed E-state index contributed by atoms with van der Waals surface area (Å²) in [4.78, 5) is 26.8. The monoisotopic (exact) mass is 512 g/mol. The molecule has 1 aliphatic carbocycles. The Labute approximate surface area is 227 Å². The molecule has 39 heavy (non-hydrogen) atoms. The summed E-state index contributed by atoms with van der Waals surface area (Å²) >= 11 is 0. The van der Waals surface area contributed by atoms with Crippen LogP contribution in [0.3, 0.4) is 0 Å². The SMILES string of the molecule is Cc1ccncc1-c1cc(N=C(c2ccccc2)c2ccccc2)c2cnc(NC(=O)[C@H]3C[C@@H]3CO)cc2c1. The molecule has 2 heterocycles. The number of aromatic nitrogens is 2. The van der Waals surface area contributed by atoms with E-state index in [-0.39, 0.29) is 24.3 Å². The van der Waals surface area contributed by atoms with Crippen LogP contribution in [-0.4, -0.2) is 33.3 Å². The van der Waals surface area contributed by atoms with Crippen molar-refractivity contribution in [1.82, 2.24) is 9.97 Å². The second kappa shape index (κ2) is 10.6. The Kier molecular flexibility index (Phi) is 6.69. The average molecular weight is 513 g/mol. The van der Waals surface area contributed by atoms with Gasteiger partial charge in [0.15, 0.2) is 0 Å². The fourth-order valence-corrected chi connectivity index (χ4v) is 4.92. The first kappa shape index (κ1) is 24.6. The molecule has 1 saturated carbocycles. The van der Waals surface area contributed by atoms with Crippen LogP contribution < -0.4 is 5.32 Å². The van der Waals surface area contributed by atoms with Crippen LogP contribution in [0.2, 0.25) is 0 Å². The lowest BCUT2D eigenvalue weighted by atomic mass is 9.98. The first-order valence-electron chi connectivity index (χ1n) is 13.1. The summed E-state index contributed by atoms with van der Waals surface area (Å²) in [6, 6.07) is 28.3. The minimum atomic E-state index is -0.156. The minimum absolute atomic E-state index is 0.0313. The molecule has 2 N–H and O–H groups in total. The lowest BCUT2D eigenvalue weighted by molar-refractivity contribution is -0.117. The van der Waals surface area contributed by atoms with Crippen LogP contribution in [-0.2, 0) is 4.79 Å². The highest BCUT2D eigenvalue weighted by Gasteiger charge is 2.42. The molecule has 6 rings (SSSR count). The van der Waals surface area contributed by atoms with Crippen LogP contribution in [0.25, 0.3) is 21.9 Å². The molecule has 1 aliphatic rings. The molecule has 3 aromatic carbocycles. The zero-order chi connectivity index (χ0) is 26.8. The molecule has 0 unspecified atom stereocenters. The van der Waals surface area contributed by atoms with E-state index in [1.165, 1.54) is 0 Å². The number of carbonyl (C=O) groups is 1. The molecule has 5 aromatic rings. The van der Waals surface area contributed by atoms with Gasteiger partial charge in [0.2, 0.25) is 5.91 Å². The van der Waals surface area contributed by atoms with Crippen molar-refractivity contribution in [1.29, 1.82) is 0 Å². The summed E-state index contributed by atoms with van der Waals surface area (Å²) in [6.45, 7) is 2.10. The first-order chi connectivity index (χ1) is 19.1. The number of benzene rings is 3. The standard InChI is InChI=1S/C33H28N4O2/c1-21-12-13-34-18-28(21)24-14-25-17-31(37-33(39)27-15-26(27)20-38)35-19-29(25)30(16-24)36-32(22-8-4-2-5-9-22)23-10-6-3-7-11-23/h2-14,16-19,26-27,38H,15,20H2,1H3,(H,35,37,39)/t26-,27+/m1/s1. The molecule has 0 bridgehead atoms. The van der Waals surface area contributed by atoms with Crippen LogP contribution in [0.4, 0.5) is 11.5 Å². The van der Waals surface area contributed by atoms with Gasteiger partial charge in [0.05, 0.1) is 11.4 Å². The highest BCUT2D eigenvalue weighted by atomic mass is 16.3. The van der Waals surface area contributed by atoms with Crippen molar-refractivity contribution in [3.8, 4) is 11.1 Å². The normalized spacial score (nSPS) is 16.1. The molecular formula is C33H28N4O2. The maximum Gasteiger partial charge on any atom is 0.229 e. The van der Waals surface area contributed by atoms with E-state index in [0.29, 0.717) is 12.2 Å². The van der Waals surface area contributed by atoms with Crippen molar-refractivity contribution < 1.29 is 9.90 Å². The highest BCUT2D eigenvalue weighted by Crippen LogP contribution is 2.39. The number of aryl methyl sites for hydroxylation is 1. The Bertz CT molecular complexity index is 1640. The van der Waals surface area contributed by atoms with E-state index in [2.05, 4.69) is 58.6 Å². The molecule has 1 fully saturated rings. The quantitative estimate of drug-likeness (QED) is 0.249. The van der Waals surface area contributed by atoms with Crippen LogP contribution in [0.1, 0.15) is 23.1 Å². The second-order valence-electron chi connectivity index (χ2n) is 9.94. The fourth-order valence-electron chi connectivity index (χ4n) is 4.92. The Hall–Kier alpha value is -4.68. The van der Waals surface area contributed by atoms with E-state index in [4.69, 9.17) is 4.99 Å². The lowest BCUT2D eigenvalue weighted by Gasteiger charge is -2.13. The van der Waals surface area contributed by atoms with Crippen molar-refractivity contribution >= 4 is 33.9 Å². The Morgan fingerprint density at radius 3 is 2.33 bits per heavy atom. The van der Waals surface area contributed by atoms with E-state index >= 15 is 0 Å². The number of nitrogens with zero attached hydrogens (tertiary/aromatic N) is 3. The summed E-state index contributed by atoms with van der Waals surface area (Å²) < 4.78 is 0. The molecule has 6 nitrogen and oxygen atoms in total. The Morgan fingerprint density at radius 2 is 1.69 bits per heavy atom. The van der Waals surface area contributed by atoms with Gasteiger partial charge in [-0.25, -0.2) is 9.98 Å². The summed E-state index contributed by atoms with van der Waals surface area (Å²) in [7, 11) is 0. The van der Waals surface area contributed by atoms with Gasteiger partial charge in [0.25, 0.3) is 0 Å². The third kappa shape index (κ3) is 5.19. The van der Waals surface area contributed by atoms with Gasteiger partial charge in [0, 0.05) is 53.2 Å². The van der Waals surface area contributed by atoms with Gasteiger partial charge in [-0.3, -0.25) is 9.78 Å². The maximum atomic E-state index is 12.6. The van der Waals surface area contributed by atoms with Crippen molar-refractivity contribution in [2.75, 3.05) is 11.9 Å². The smallest absolute Gasteiger partial charge is 0.229 e. The maximum absolute atomic E-state index is 12.6. The number of aliphatic hydroxyl groups excluding tert-OH is 1. The number of fused-ring (bicyclic) bond motifs is 1. The molecule has 0 radical (unpaired) electrons. The van der Waals surface area contributed by atoms with Crippen molar-refractivity contribution in [2.45, 2.75) is 13.3 Å². The predicted molar refractivity (Wildman–Crippen MR) is 155 cm³/mol. The van der Waals surface area contributed by atoms with Gasteiger partial charge < -0.3 is 10.4 Å². The molecule has 0 saturated heterocycles. The summed E-state index contributed by atoms with van der Waals surface area (Å²) in [5, 5.41) is 14.1. The van der Waals surface area contributed by atoms with Crippen LogP contribution in [0.5, 0.6) is 0 Å². The number of hydrogen-bond donors (Lipinski definition) is 2. The molecule has 0 aliphatic heterocycles. The summed E-state index contributed by atoms with van der Waals surface area (Å²) in [5.74, 6) is 0.267. The van der Waals surface area contributed by atoms with Gasteiger partial charge in [-0.15, -0.1) is 0 Å². The van der Waals surface area contributed by atoms with E-state index in [1.54, 1.807) is 12.4 Å². The van der Waals surface area contributed by atoms with E-state index in [0.717, 1.165) is 50.0 Å². The third-order valence-electron chi connectivity index (χ3n) is 7.24. The van der Waals surface area contributed by atoms with Crippen molar-refractivity contribution in [3.63, 3.8) is 0 Å². The molecule has 2 atom stereocenters. The number of anilines is 1. The Morgan fingerprint density at radius 1 is 0.974 bits per heavy atom. The molecule has 1 amide bonds. The zero-order valence-electron chi connectivity index (χ0n) is 21.6. The number of aliphatic imine (C=N–C) groups is 1. The third-order valence-corrected chi connectivity index (χ3v) is 7.24. The van der Waals surface area contributed by atoms with Crippen LogP contribution in [0, 0.1) is 18.8 Å². The van der Waals surface area contributed by atoms with E-state index in [9.17, 15) is 9.90 Å². The van der Waals surface area contributed by atoms with Gasteiger partial charge in [-0.1, -0.05) is 60.7 Å². The number of amides is 1. The van der Waals surface area contributed by atoms with Crippen molar-refractivity contribution in [2.24, 2.45) is 16.8 Å². The molecular weight excluding hydrogens is 484 g/mol. The van der Waals surface area contributed by atoms with E-state index < -0.39 is 0 Å². The molecule has 6 heteroatoms. The van der Waals surface area contributed by atoms with Gasteiger partial charge in [-0.2, -0.15) is 0 Å². The van der Waals surface area contributed by atoms with Gasteiger partial charge in [-0.05, 0) is 60.0 Å². The highest BCUT2D eigenvalue weighted by molar-refractivity contribution is 6.15. The average Bonchev–Trinajstić information content (AvgIpc) is 3.77. The minimum Gasteiger partial charge on any atom is -0.396 e. The predicted octanol–water partition coefficient (Wildman–Crippen LogP) is 6.34. The molecule has 0 spiro atoms. The van der Waals surface area contributed by atoms with Crippen LogP contribution in [0.15, 0.2) is 109 Å². The number of nitrogens with one attached hydrogen (secondary N) is 1. The molecule has 2 aromatic heterocycles. The summed E-state index contributed by atoms with van der Waals surface area (Å²) in [5.41, 5.74) is 6.78. The number of hydrogen-bond acceptors (Lipinski definition) is 5. The molecule has 192 valence electrons. The largest absolute Gasteiger partial charge is 0.396 e. The second-order valence-corrected chi connectivity index (χ2v) is 9.94. The van der Waals surface area contributed by atoms with E-state index in [1.807, 2.05) is 54.7 Å². The van der Waals surface area contributed by atoms with Gasteiger partial charge >= 0.3 is 0 Å². The lowest BCUT2D eigenvalue weighted by Crippen LogP contribution is -2.16. The zero-order valence-corrected chi connectivity index (χ0v) is 21.6. The van der Waals surface area contributed by atoms with Crippen molar-refractivity contribution in [3.05, 3.63) is 120 Å². The number of carbonyl (C=O) groups excluding carboxylic acids is 1. The fraction of sp³-hybridized carbons (Fsp3) is 0.152. The topological polar surface area (TPSA) is 87.5 Å². The first-order valence-corrected chi connectivity index (χ1v) is 13.1. The number of aliphatic hydroxyl groups is 1. The Balaban J connectivity index is 1.51. The van der Waals surface area contributed by atoms with Gasteiger partial charge in [0.1, 0.15) is 5.82 Å². The number of pyridine rings is 2.